The molecule has 0 amide bonds. The zero-order valence-electron chi connectivity index (χ0n) is 5.80. The highest BCUT2D eigenvalue weighted by atomic mass is 35.6. The van der Waals surface area contributed by atoms with Crippen molar-refractivity contribution in [2.75, 3.05) is 0 Å². The quantitative estimate of drug-likeness (QED) is 0.542. The summed E-state index contributed by atoms with van der Waals surface area (Å²) in [6.45, 7) is 0. The summed E-state index contributed by atoms with van der Waals surface area (Å²) in [5.74, 6) is 0. The number of hydrogen-bond donors (Lipinski definition) is 0. The van der Waals surface area contributed by atoms with Gasteiger partial charge in [-0.1, -0.05) is 34.8 Å². The molecule has 0 aliphatic heterocycles. The van der Waals surface area contributed by atoms with Crippen molar-refractivity contribution in [2.45, 2.75) is 3.79 Å². The third kappa shape index (κ3) is 2.34. The average Bonchev–Trinajstić information content (AvgIpc) is 2.03. The van der Waals surface area contributed by atoms with Gasteiger partial charge in [0.25, 0.3) is 0 Å². The predicted octanol–water partition coefficient (Wildman–Crippen LogP) is 2.72. The van der Waals surface area contributed by atoms with Crippen LogP contribution in [0.25, 0.3) is 0 Å². The molecule has 0 atom stereocenters. The van der Waals surface area contributed by atoms with Gasteiger partial charge in [0.15, 0.2) is 6.29 Å². The Bertz CT molecular complexity index is 278. The number of hydrogen-bond acceptors (Lipinski definition) is 2. The van der Waals surface area contributed by atoms with E-state index in [1.807, 2.05) is 0 Å². The van der Waals surface area contributed by atoms with E-state index in [1.54, 1.807) is 0 Å². The Hall–Kier alpha value is -0.310. The molecule has 0 saturated heterocycles. The van der Waals surface area contributed by atoms with Gasteiger partial charge in [0, 0.05) is 11.8 Å². The van der Waals surface area contributed by atoms with Gasteiger partial charge in [-0.25, -0.2) is 0 Å². The number of pyridine rings is 1. The van der Waals surface area contributed by atoms with Crippen LogP contribution >= 0.6 is 34.8 Å². The maximum Gasteiger partial charge on any atom is 0.232 e. The highest BCUT2D eigenvalue weighted by Gasteiger charge is 2.23. The standard InChI is InChI=1S/C7H4Cl3NO/c8-7(9,10)6-2-1-5(4-12)3-11-6/h1-4H. The zero-order valence-corrected chi connectivity index (χ0v) is 8.07. The summed E-state index contributed by atoms with van der Waals surface area (Å²) in [7, 11) is 0. The second kappa shape index (κ2) is 3.60. The van der Waals surface area contributed by atoms with Gasteiger partial charge in [-0.15, -0.1) is 0 Å². The lowest BCUT2D eigenvalue weighted by Crippen LogP contribution is -2.03. The van der Waals surface area contributed by atoms with Crippen molar-refractivity contribution in [3.8, 4) is 0 Å². The predicted molar refractivity (Wildman–Crippen MR) is 48.9 cm³/mol. The largest absolute Gasteiger partial charge is 0.298 e. The maximum absolute atomic E-state index is 10.2. The Morgan fingerprint density at radius 1 is 1.33 bits per heavy atom. The van der Waals surface area contributed by atoms with E-state index < -0.39 is 3.79 Å². The molecule has 0 bridgehead atoms. The van der Waals surface area contributed by atoms with E-state index >= 15 is 0 Å². The fraction of sp³-hybridized carbons (Fsp3) is 0.143. The van der Waals surface area contributed by atoms with Crippen LogP contribution in [0.15, 0.2) is 18.3 Å². The lowest BCUT2D eigenvalue weighted by Gasteiger charge is -2.08. The monoisotopic (exact) mass is 223 g/mol. The average molecular weight is 224 g/mol. The second-order valence-corrected chi connectivity index (χ2v) is 4.37. The first-order chi connectivity index (χ1) is 5.54. The van der Waals surface area contributed by atoms with E-state index in [4.69, 9.17) is 34.8 Å². The van der Waals surface area contributed by atoms with E-state index in [9.17, 15) is 4.79 Å². The first-order valence-electron chi connectivity index (χ1n) is 3.02. The topological polar surface area (TPSA) is 30.0 Å². The summed E-state index contributed by atoms with van der Waals surface area (Å²) in [6, 6.07) is 3.04. The second-order valence-electron chi connectivity index (χ2n) is 2.09. The van der Waals surface area contributed by atoms with Crippen molar-refractivity contribution in [1.29, 1.82) is 0 Å². The number of aldehydes is 1. The van der Waals surface area contributed by atoms with E-state index in [-0.39, 0.29) is 0 Å². The van der Waals surface area contributed by atoms with E-state index in [1.165, 1.54) is 18.3 Å². The van der Waals surface area contributed by atoms with Crippen LogP contribution in [0.3, 0.4) is 0 Å². The summed E-state index contributed by atoms with van der Waals surface area (Å²) in [4.78, 5) is 14.0. The van der Waals surface area contributed by atoms with Gasteiger partial charge in [0.2, 0.25) is 3.79 Å². The van der Waals surface area contributed by atoms with Crippen molar-refractivity contribution >= 4 is 41.1 Å². The molecule has 0 aliphatic rings. The van der Waals surface area contributed by atoms with Gasteiger partial charge >= 0.3 is 0 Å². The van der Waals surface area contributed by atoms with Gasteiger partial charge < -0.3 is 0 Å². The molecule has 2 nitrogen and oxygen atoms in total. The van der Waals surface area contributed by atoms with Crippen LogP contribution in [0, 0.1) is 0 Å². The number of halogens is 3. The Balaban J connectivity index is 3.00. The Morgan fingerprint density at radius 3 is 2.33 bits per heavy atom. The first kappa shape index (κ1) is 9.78. The molecule has 0 radical (unpaired) electrons. The summed E-state index contributed by atoms with van der Waals surface area (Å²) in [5, 5.41) is 0. The normalized spacial score (nSPS) is 11.2. The highest BCUT2D eigenvalue weighted by molar-refractivity contribution is 6.66. The van der Waals surface area contributed by atoms with Crippen LogP contribution in [-0.4, -0.2) is 11.3 Å². The fourth-order valence-electron chi connectivity index (χ4n) is 0.643. The molecule has 0 saturated carbocycles. The molecule has 0 N–H and O–H groups in total. The van der Waals surface area contributed by atoms with Crippen LogP contribution in [0.2, 0.25) is 0 Å². The highest BCUT2D eigenvalue weighted by Crippen LogP contribution is 2.36. The Kier molecular flexibility index (Phi) is 2.94. The number of carbonyl (C=O) groups excluding carboxylic acids is 1. The van der Waals surface area contributed by atoms with Crippen LogP contribution in [-0.2, 0) is 3.79 Å². The molecule has 1 aromatic heterocycles. The number of alkyl halides is 3. The van der Waals surface area contributed by atoms with E-state index in [0.717, 1.165) is 0 Å². The molecule has 1 heterocycles. The fourth-order valence-corrected chi connectivity index (χ4v) is 0.978. The molecule has 0 aliphatic carbocycles. The number of aromatic nitrogens is 1. The number of nitrogens with zero attached hydrogens (tertiary/aromatic N) is 1. The molecule has 0 fully saturated rings. The SMILES string of the molecule is O=Cc1ccc(C(Cl)(Cl)Cl)nc1. The lowest BCUT2D eigenvalue weighted by atomic mass is 10.3. The molecular formula is C7H4Cl3NO. The van der Waals surface area contributed by atoms with Crippen molar-refractivity contribution in [2.24, 2.45) is 0 Å². The maximum atomic E-state index is 10.2. The smallest absolute Gasteiger partial charge is 0.232 e. The first-order valence-corrected chi connectivity index (χ1v) is 4.16. The van der Waals surface area contributed by atoms with Gasteiger partial charge in [-0.05, 0) is 12.1 Å². The number of carbonyl (C=O) groups is 1. The summed E-state index contributed by atoms with van der Waals surface area (Å²) < 4.78 is -1.53. The van der Waals surface area contributed by atoms with Crippen molar-refractivity contribution in [3.63, 3.8) is 0 Å². The van der Waals surface area contributed by atoms with Crippen LogP contribution in [0.4, 0.5) is 0 Å². The molecule has 12 heavy (non-hydrogen) atoms. The summed E-state index contributed by atoms with van der Waals surface area (Å²) in [5.41, 5.74) is 0.756. The molecule has 0 unspecified atom stereocenters. The van der Waals surface area contributed by atoms with Crippen LogP contribution in [0.5, 0.6) is 0 Å². The zero-order chi connectivity index (χ0) is 9.19. The molecule has 1 rings (SSSR count). The van der Waals surface area contributed by atoms with Crippen LogP contribution in [0.1, 0.15) is 16.1 Å². The van der Waals surface area contributed by atoms with Gasteiger partial charge in [0.1, 0.15) is 0 Å². The minimum atomic E-state index is -1.53. The molecular weight excluding hydrogens is 220 g/mol. The van der Waals surface area contributed by atoms with Crippen molar-refractivity contribution < 1.29 is 4.79 Å². The number of rotatable bonds is 1. The van der Waals surface area contributed by atoms with Gasteiger partial charge in [0.05, 0.1) is 5.69 Å². The molecule has 0 aromatic carbocycles. The lowest BCUT2D eigenvalue weighted by molar-refractivity contribution is 0.112. The minimum absolute atomic E-state index is 0.304. The molecule has 64 valence electrons. The van der Waals surface area contributed by atoms with Crippen molar-refractivity contribution in [3.05, 3.63) is 29.6 Å². The Morgan fingerprint density at radius 2 is 2.00 bits per heavy atom. The molecule has 0 spiro atoms. The van der Waals surface area contributed by atoms with Gasteiger partial charge in [-0.3, -0.25) is 9.78 Å². The van der Waals surface area contributed by atoms with Crippen LogP contribution < -0.4 is 0 Å². The van der Waals surface area contributed by atoms with Gasteiger partial charge in [-0.2, -0.15) is 0 Å². The summed E-state index contributed by atoms with van der Waals surface area (Å²) >= 11 is 16.6. The third-order valence-corrected chi connectivity index (χ3v) is 1.79. The van der Waals surface area contributed by atoms with Crippen molar-refractivity contribution in [1.82, 2.24) is 4.98 Å². The Labute approximate surface area is 84.5 Å². The summed E-state index contributed by atoms with van der Waals surface area (Å²) in [6.07, 6.45) is 2.03. The van der Waals surface area contributed by atoms with E-state index in [0.29, 0.717) is 17.5 Å². The molecule has 1 aromatic rings. The molecule has 5 heteroatoms. The van der Waals surface area contributed by atoms with E-state index in [2.05, 4.69) is 4.98 Å². The third-order valence-electron chi connectivity index (χ3n) is 1.21. The minimum Gasteiger partial charge on any atom is -0.298 e.